The average molecular weight is 300 g/mol. The van der Waals surface area contributed by atoms with Crippen molar-refractivity contribution in [3.63, 3.8) is 0 Å². The lowest BCUT2D eigenvalue weighted by Gasteiger charge is -2.27. The zero-order valence-electron chi connectivity index (χ0n) is 14.3. The highest BCUT2D eigenvalue weighted by atomic mass is 16.5. The molecule has 0 spiro atoms. The van der Waals surface area contributed by atoms with E-state index in [4.69, 9.17) is 4.74 Å². The molecule has 1 saturated carbocycles. The minimum absolute atomic E-state index is 0.374. The van der Waals surface area contributed by atoms with E-state index in [-0.39, 0.29) is 6.10 Å². The lowest BCUT2D eigenvalue weighted by molar-refractivity contribution is -0.0277. The summed E-state index contributed by atoms with van der Waals surface area (Å²) in [5.74, 6) is 0.849. The number of aliphatic hydroxyl groups excluding tert-OH is 1. The summed E-state index contributed by atoms with van der Waals surface area (Å²) in [6, 6.07) is 0. The SMILES string of the molecule is CCN(CC)CCCNCC(O)COC1CCC(C)CC1. The third-order valence-corrected chi connectivity index (χ3v) is 4.59. The van der Waals surface area contributed by atoms with Crippen LogP contribution in [0.5, 0.6) is 0 Å². The third-order valence-electron chi connectivity index (χ3n) is 4.59. The van der Waals surface area contributed by atoms with Gasteiger partial charge in [-0.3, -0.25) is 0 Å². The van der Waals surface area contributed by atoms with Crippen LogP contribution < -0.4 is 5.32 Å². The monoisotopic (exact) mass is 300 g/mol. The molecule has 2 N–H and O–H groups in total. The van der Waals surface area contributed by atoms with Crippen LogP contribution in [0, 0.1) is 5.92 Å². The second-order valence-electron chi connectivity index (χ2n) is 6.45. The van der Waals surface area contributed by atoms with Gasteiger partial charge in [0.1, 0.15) is 0 Å². The van der Waals surface area contributed by atoms with Crippen molar-refractivity contribution in [2.75, 3.05) is 39.3 Å². The molecule has 0 heterocycles. The second kappa shape index (κ2) is 11.4. The molecule has 21 heavy (non-hydrogen) atoms. The van der Waals surface area contributed by atoms with Crippen molar-refractivity contribution in [2.45, 2.75) is 65.1 Å². The zero-order chi connectivity index (χ0) is 15.5. The van der Waals surface area contributed by atoms with Gasteiger partial charge in [0.15, 0.2) is 0 Å². The van der Waals surface area contributed by atoms with Crippen molar-refractivity contribution in [2.24, 2.45) is 5.92 Å². The molecule has 0 aromatic rings. The van der Waals surface area contributed by atoms with E-state index in [1.165, 1.54) is 12.8 Å². The van der Waals surface area contributed by atoms with Gasteiger partial charge in [-0.25, -0.2) is 0 Å². The molecule has 1 unspecified atom stereocenters. The maximum Gasteiger partial charge on any atom is 0.0897 e. The van der Waals surface area contributed by atoms with Crippen molar-refractivity contribution >= 4 is 0 Å². The fourth-order valence-corrected chi connectivity index (χ4v) is 2.94. The van der Waals surface area contributed by atoms with Gasteiger partial charge in [0.25, 0.3) is 0 Å². The molecule has 0 saturated heterocycles. The Morgan fingerprint density at radius 3 is 2.48 bits per heavy atom. The number of aliphatic hydroxyl groups is 1. The van der Waals surface area contributed by atoms with Crippen molar-refractivity contribution < 1.29 is 9.84 Å². The van der Waals surface area contributed by atoms with E-state index in [0.717, 1.165) is 51.4 Å². The van der Waals surface area contributed by atoms with Crippen LogP contribution in [0.4, 0.5) is 0 Å². The number of hydrogen-bond donors (Lipinski definition) is 2. The van der Waals surface area contributed by atoms with E-state index in [1.807, 2.05) is 0 Å². The van der Waals surface area contributed by atoms with Gasteiger partial charge in [0.2, 0.25) is 0 Å². The zero-order valence-corrected chi connectivity index (χ0v) is 14.3. The van der Waals surface area contributed by atoms with Crippen LogP contribution in [-0.4, -0.2) is 61.5 Å². The Kier molecular flexibility index (Phi) is 10.3. The number of nitrogens with one attached hydrogen (secondary N) is 1. The van der Waals surface area contributed by atoms with E-state index >= 15 is 0 Å². The molecule has 1 aliphatic rings. The number of nitrogens with zero attached hydrogens (tertiary/aromatic N) is 1. The van der Waals surface area contributed by atoms with E-state index < -0.39 is 0 Å². The Labute approximate surface area is 131 Å². The Morgan fingerprint density at radius 1 is 1.19 bits per heavy atom. The molecule has 1 fully saturated rings. The number of hydrogen-bond acceptors (Lipinski definition) is 4. The molecule has 0 aliphatic heterocycles. The highest BCUT2D eigenvalue weighted by Gasteiger charge is 2.19. The first-order valence-corrected chi connectivity index (χ1v) is 8.88. The largest absolute Gasteiger partial charge is 0.389 e. The third kappa shape index (κ3) is 8.77. The molecular formula is C17H36N2O2. The molecular weight excluding hydrogens is 264 g/mol. The highest BCUT2D eigenvalue weighted by Crippen LogP contribution is 2.25. The molecule has 1 rings (SSSR count). The normalized spacial score (nSPS) is 24.4. The van der Waals surface area contributed by atoms with Crippen LogP contribution in [0.3, 0.4) is 0 Å². The van der Waals surface area contributed by atoms with E-state index in [2.05, 4.69) is 31.0 Å². The number of rotatable bonds is 11. The fourth-order valence-electron chi connectivity index (χ4n) is 2.94. The minimum Gasteiger partial charge on any atom is -0.389 e. The number of ether oxygens (including phenoxy) is 1. The van der Waals surface area contributed by atoms with Crippen molar-refractivity contribution in [3.8, 4) is 0 Å². The first-order valence-electron chi connectivity index (χ1n) is 8.88. The maximum absolute atomic E-state index is 9.93. The van der Waals surface area contributed by atoms with Crippen LogP contribution in [0.1, 0.15) is 52.9 Å². The minimum atomic E-state index is -0.377. The smallest absolute Gasteiger partial charge is 0.0897 e. The summed E-state index contributed by atoms with van der Waals surface area (Å²) in [6.45, 7) is 12.2. The second-order valence-corrected chi connectivity index (χ2v) is 6.45. The van der Waals surface area contributed by atoms with Gasteiger partial charge in [-0.2, -0.15) is 0 Å². The van der Waals surface area contributed by atoms with E-state index in [9.17, 15) is 5.11 Å². The molecule has 0 radical (unpaired) electrons. The fraction of sp³-hybridized carbons (Fsp3) is 1.00. The molecule has 4 heteroatoms. The summed E-state index contributed by atoms with van der Waals surface area (Å²) >= 11 is 0. The maximum atomic E-state index is 9.93. The summed E-state index contributed by atoms with van der Waals surface area (Å²) < 4.78 is 5.82. The van der Waals surface area contributed by atoms with Gasteiger partial charge in [0, 0.05) is 6.54 Å². The predicted octanol–water partition coefficient (Wildman–Crippen LogP) is 2.26. The van der Waals surface area contributed by atoms with Crippen molar-refractivity contribution in [3.05, 3.63) is 0 Å². The summed E-state index contributed by atoms with van der Waals surface area (Å²) in [6.07, 6.45) is 5.98. The highest BCUT2D eigenvalue weighted by molar-refractivity contribution is 4.71. The Morgan fingerprint density at radius 2 is 1.86 bits per heavy atom. The molecule has 1 atom stereocenters. The Hall–Kier alpha value is -0.160. The quantitative estimate of drug-likeness (QED) is 0.575. The summed E-state index contributed by atoms with van der Waals surface area (Å²) in [5, 5.41) is 13.3. The topological polar surface area (TPSA) is 44.7 Å². The van der Waals surface area contributed by atoms with Crippen molar-refractivity contribution in [1.29, 1.82) is 0 Å². The van der Waals surface area contributed by atoms with Gasteiger partial charge in [0.05, 0.1) is 18.8 Å². The molecule has 0 aromatic carbocycles. The van der Waals surface area contributed by atoms with Crippen LogP contribution in [0.15, 0.2) is 0 Å². The first-order chi connectivity index (χ1) is 10.2. The molecule has 0 amide bonds. The van der Waals surface area contributed by atoms with E-state index in [0.29, 0.717) is 19.3 Å². The summed E-state index contributed by atoms with van der Waals surface area (Å²) in [4.78, 5) is 2.42. The van der Waals surface area contributed by atoms with Crippen LogP contribution in [0.2, 0.25) is 0 Å². The van der Waals surface area contributed by atoms with Gasteiger partial charge in [-0.05, 0) is 64.2 Å². The molecule has 1 aliphatic carbocycles. The van der Waals surface area contributed by atoms with Gasteiger partial charge >= 0.3 is 0 Å². The van der Waals surface area contributed by atoms with E-state index in [1.54, 1.807) is 0 Å². The molecule has 0 aromatic heterocycles. The average Bonchev–Trinajstić information content (AvgIpc) is 2.50. The van der Waals surface area contributed by atoms with Gasteiger partial charge < -0.3 is 20.1 Å². The Balaban J connectivity index is 1.95. The molecule has 4 nitrogen and oxygen atoms in total. The summed E-state index contributed by atoms with van der Waals surface area (Å²) in [7, 11) is 0. The predicted molar refractivity (Wildman–Crippen MR) is 88.7 cm³/mol. The van der Waals surface area contributed by atoms with Gasteiger partial charge in [-0.1, -0.05) is 20.8 Å². The summed E-state index contributed by atoms with van der Waals surface area (Å²) in [5.41, 5.74) is 0. The Bertz CT molecular complexity index is 239. The van der Waals surface area contributed by atoms with Crippen LogP contribution in [-0.2, 0) is 4.74 Å². The van der Waals surface area contributed by atoms with Gasteiger partial charge in [-0.15, -0.1) is 0 Å². The van der Waals surface area contributed by atoms with Crippen molar-refractivity contribution in [1.82, 2.24) is 10.2 Å². The standard InChI is InChI=1S/C17H36N2O2/c1-4-19(5-2)12-6-11-18-13-16(20)14-21-17-9-7-15(3)8-10-17/h15-18,20H,4-14H2,1-3H3. The lowest BCUT2D eigenvalue weighted by atomic mass is 9.89. The molecule has 126 valence electrons. The lowest BCUT2D eigenvalue weighted by Crippen LogP contribution is -2.34. The van der Waals surface area contributed by atoms with Crippen LogP contribution >= 0.6 is 0 Å². The molecule has 0 bridgehead atoms. The van der Waals surface area contributed by atoms with Crippen LogP contribution in [0.25, 0.3) is 0 Å². The first kappa shape index (κ1) is 18.9.